The van der Waals surface area contributed by atoms with E-state index in [1.165, 1.54) is 4.90 Å². The smallest absolute Gasteiger partial charge is 0.407 e. The number of rotatable bonds is 5. The van der Waals surface area contributed by atoms with Crippen molar-refractivity contribution in [2.45, 2.75) is 25.5 Å². The lowest BCUT2D eigenvalue weighted by Gasteiger charge is -2.38. The lowest BCUT2D eigenvalue weighted by molar-refractivity contribution is -0.0435. The van der Waals surface area contributed by atoms with Crippen LogP contribution in [0.1, 0.15) is 12.5 Å². The molecule has 1 amide bonds. The predicted molar refractivity (Wildman–Crippen MR) is 87.7 cm³/mol. The molecule has 1 heterocycles. The molecule has 1 fully saturated rings. The van der Waals surface area contributed by atoms with Gasteiger partial charge in [-0.1, -0.05) is 30.7 Å². The van der Waals surface area contributed by atoms with Gasteiger partial charge in [0, 0.05) is 10.8 Å². The van der Waals surface area contributed by atoms with Crippen LogP contribution >= 0.6 is 11.6 Å². The molecule has 1 aromatic carbocycles. The number of amides is 1. The second kappa shape index (κ2) is 7.51. The highest BCUT2D eigenvalue weighted by molar-refractivity contribution is 7.91. The number of sulfone groups is 1. The molecule has 2 atom stereocenters. The van der Waals surface area contributed by atoms with Crippen molar-refractivity contribution >= 4 is 27.5 Å². The maximum Gasteiger partial charge on any atom is 0.407 e. The van der Waals surface area contributed by atoms with Gasteiger partial charge in [0.2, 0.25) is 0 Å². The Bertz CT molecular complexity index is 646. The molecule has 0 unspecified atom stereocenters. The van der Waals surface area contributed by atoms with Crippen molar-refractivity contribution in [2.24, 2.45) is 0 Å². The number of nitrogens with zero attached hydrogens (tertiary/aromatic N) is 1. The number of benzene rings is 1. The van der Waals surface area contributed by atoms with Gasteiger partial charge in [-0.3, -0.25) is 0 Å². The molecule has 2 rings (SSSR count). The number of morpholine rings is 1. The number of hydrogen-bond donors (Lipinski definition) is 1. The lowest BCUT2D eigenvalue weighted by Crippen LogP contribution is -2.54. The van der Waals surface area contributed by atoms with Crippen LogP contribution in [0.3, 0.4) is 0 Å². The number of carboxylic acid groups (broad SMARTS) is 1. The summed E-state index contributed by atoms with van der Waals surface area (Å²) < 4.78 is 29.0. The first-order valence-electron chi connectivity index (χ1n) is 7.36. The predicted octanol–water partition coefficient (Wildman–Crippen LogP) is 2.06. The number of halogens is 1. The summed E-state index contributed by atoms with van der Waals surface area (Å²) in [7, 11) is -3.21. The molecule has 6 nitrogen and oxygen atoms in total. The van der Waals surface area contributed by atoms with Gasteiger partial charge >= 0.3 is 6.09 Å². The fourth-order valence-corrected chi connectivity index (χ4v) is 3.69. The summed E-state index contributed by atoms with van der Waals surface area (Å²) in [5.74, 6) is -0.130. The first-order chi connectivity index (χ1) is 10.8. The van der Waals surface area contributed by atoms with Crippen LogP contribution in [0, 0.1) is 0 Å². The van der Waals surface area contributed by atoms with E-state index in [1.54, 1.807) is 19.1 Å². The number of hydrogen-bond acceptors (Lipinski definition) is 4. The number of ether oxygens (including phenoxy) is 1. The van der Waals surface area contributed by atoms with E-state index in [2.05, 4.69) is 0 Å². The molecular formula is C15H20ClNO5S. The van der Waals surface area contributed by atoms with Gasteiger partial charge in [0.25, 0.3) is 0 Å². The van der Waals surface area contributed by atoms with Gasteiger partial charge in [-0.2, -0.15) is 0 Å². The minimum atomic E-state index is -3.21. The van der Waals surface area contributed by atoms with Crippen LogP contribution in [-0.4, -0.2) is 61.3 Å². The van der Waals surface area contributed by atoms with Crippen LogP contribution in [0.15, 0.2) is 24.3 Å². The van der Waals surface area contributed by atoms with Gasteiger partial charge in [0.1, 0.15) is 0 Å². The SMILES string of the molecule is CCS(=O)(=O)C[C@H]1CN(C(=O)O)[C@@H](Cc2ccc(Cl)cc2)CO1. The molecule has 0 radical (unpaired) electrons. The zero-order valence-electron chi connectivity index (χ0n) is 12.8. The molecule has 1 N–H and O–H groups in total. The molecule has 0 bridgehead atoms. The Balaban J connectivity index is 2.05. The highest BCUT2D eigenvalue weighted by Crippen LogP contribution is 2.19. The second-order valence-electron chi connectivity index (χ2n) is 5.57. The third-order valence-corrected chi connectivity index (χ3v) is 5.89. The average Bonchev–Trinajstić information content (AvgIpc) is 2.50. The standard InChI is InChI=1S/C15H20ClNO5S/c1-2-23(20,21)10-14-8-17(15(18)19)13(9-22-14)7-11-3-5-12(16)6-4-11/h3-6,13-14H,2,7-10H2,1H3,(H,18,19)/t13-,14+/m0/s1. The van der Waals surface area contributed by atoms with Gasteiger partial charge in [-0.05, 0) is 24.1 Å². The molecule has 8 heteroatoms. The van der Waals surface area contributed by atoms with E-state index in [0.717, 1.165) is 5.56 Å². The van der Waals surface area contributed by atoms with Crippen molar-refractivity contribution in [3.8, 4) is 0 Å². The zero-order valence-corrected chi connectivity index (χ0v) is 14.4. The molecule has 1 aliphatic rings. The molecule has 1 saturated heterocycles. The number of carbonyl (C=O) groups is 1. The summed E-state index contributed by atoms with van der Waals surface area (Å²) in [5.41, 5.74) is 0.953. The molecule has 0 saturated carbocycles. The second-order valence-corrected chi connectivity index (χ2v) is 8.41. The van der Waals surface area contributed by atoms with E-state index in [0.29, 0.717) is 11.4 Å². The van der Waals surface area contributed by atoms with Gasteiger partial charge in [0.05, 0.1) is 31.1 Å². The normalized spacial score (nSPS) is 22.1. The maximum atomic E-state index is 11.7. The maximum absolute atomic E-state index is 11.7. The highest BCUT2D eigenvalue weighted by atomic mass is 35.5. The van der Waals surface area contributed by atoms with E-state index < -0.39 is 22.0 Å². The molecule has 0 aromatic heterocycles. The quantitative estimate of drug-likeness (QED) is 0.867. The Morgan fingerprint density at radius 1 is 1.39 bits per heavy atom. The molecular weight excluding hydrogens is 342 g/mol. The molecule has 1 aliphatic heterocycles. The molecule has 1 aromatic rings. The van der Waals surface area contributed by atoms with Crippen molar-refractivity contribution in [2.75, 3.05) is 24.7 Å². The Hall–Kier alpha value is -1.31. The monoisotopic (exact) mass is 361 g/mol. The van der Waals surface area contributed by atoms with E-state index in [-0.39, 0.29) is 30.7 Å². The average molecular weight is 362 g/mol. The van der Waals surface area contributed by atoms with Crippen LogP contribution < -0.4 is 0 Å². The highest BCUT2D eigenvalue weighted by Gasteiger charge is 2.34. The minimum absolute atomic E-state index is 0.0220. The third-order valence-electron chi connectivity index (χ3n) is 3.88. The van der Waals surface area contributed by atoms with Crippen molar-refractivity contribution in [3.05, 3.63) is 34.9 Å². The summed E-state index contributed by atoms with van der Waals surface area (Å²) in [6.07, 6.45) is -1.18. The van der Waals surface area contributed by atoms with E-state index >= 15 is 0 Å². The Kier molecular flexibility index (Phi) is 5.89. The summed E-state index contributed by atoms with van der Waals surface area (Å²) in [6.45, 7) is 1.81. The van der Waals surface area contributed by atoms with E-state index in [9.17, 15) is 18.3 Å². The van der Waals surface area contributed by atoms with Crippen molar-refractivity contribution in [1.82, 2.24) is 4.90 Å². The first kappa shape index (κ1) is 18.0. The summed E-state index contributed by atoms with van der Waals surface area (Å²) >= 11 is 5.84. The Morgan fingerprint density at radius 3 is 2.61 bits per heavy atom. The van der Waals surface area contributed by atoms with Crippen LogP contribution in [-0.2, 0) is 21.0 Å². The van der Waals surface area contributed by atoms with Crippen LogP contribution in [0.25, 0.3) is 0 Å². The molecule has 128 valence electrons. The zero-order chi connectivity index (χ0) is 17.0. The first-order valence-corrected chi connectivity index (χ1v) is 9.56. The van der Waals surface area contributed by atoms with Crippen molar-refractivity contribution < 1.29 is 23.1 Å². The lowest BCUT2D eigenvalue weighted by atomic mass is 10.0. The van der Waals surface area contributed by atoms with E-state index in [1.807, 2.05) is 12.1 Å². The minimum Gasteiger partial charge on any atom is -0.465 e. The fourth-order valence-electron chi connectivity index (χ4n) is 2.56. The summed E-state index contributed by atoms with van der Waals surface area (Å²) in [6, 6.07) is 6.85. The molecule has 0 aliphatic carbocycles. The van der Waals surface area contributed by atoms with Crippen LogP contribution in [0.5, 0.6) is 0 Å². The van der Waals surface area contributed by atoms with Gasteiger partial charge in [0.15, 0.2) is 9.84 Å². The van der Waals surface area contributed by atoms with E-state index in [4.69, 9.17) is 16.3 Å². The van der Waals surface area contributed by atoms with Gasteiger partial charge in [-0.15, -0.1) is 0 Å². The Morgan fingerprint density at radius 2 is 2.04 bits per heavy atom. The Labute approximate surface area is 140 Å². The fraction of sp³-hybridized carbons (Fsp3) is 0.533. The molecule has 0 spiro atoms. The van der Waals surface area contributed by atoms with Crippen LogP contribution in [0.2, 0.25) is 5.02 Å². The summed E-state index contributed by atoms with van der Waals surface area (Å²) in [4.78, 5) is 12.8. The topological polar surface area (TPSA) is 83.9 Å². The van der Waals surface area contributed by atoms with Crippen LogP contribution in [0.4, 0.5) is 4.79 Å². The molecule has 23 heavy (non-hydrogen) atoms. The van der Waals surface area contributed by atoms with Crippen molar-refractivity contribution in [3.63, 3.8) is 0 Å². The third kappa shape index (κ3) is 5.09. The van der Waals surface area contributed by atoms with Crippen molar-refractivity contribution in [1.29, 1.82) is 0 Å². The van der Waals surface area contributed by atoms with Gasteiger partial charge in [-0.25, -0.2) is 13.2 Å². The summed E-state index contributed by atoms with van der Waals surface area (Å²) in [5, 5.41) is 10.0. The van der Waals surface area contributed by atoms with Gasteiger partial charge < -0.3 is 14.7 Å². The largest absolute Gasteiger partial charge is 0.465 e.